The summed E-state index contributed by atoms with van der Waals surface area (Å²) in [4.78, 5) is 27.5. The van der Waals surface area contributed by atoms with Gasteiger partial charge < -0.3 is 15.5 Å². The van der Waals surface area contributed by atoms with Gasteiger partial charge in [0.1, 0.15) is 6.04 Å². The van der Waals surface area contributed by atoms with Crippen LogP contribution in [0.4, 0.5) is 16.2 Å². The van der Waals surface area contributed by atoms with Gasteiger partial charge in [-0.1, -0.05) is 49.7 Å². The molecule has 0 fully saturated rings. The van der Waals surface area contributed by atoms with Crippen molar-refractivity contribution >= 4 is 23.3 Å². The van der Waals surface area contributed by atoms with Gasteiger partial charge in [-0.3, -0.25) is 4.79 Å². The quantitative estimate of drug-likeness (QED) is 0.859. The number of carbonyl (C=O) groups excluding carboxylic acids is 2. The van der Waals surface area contributed by atoms with Crippen molar-refractivity contribution < 1.29 is 9.59 Å². The molecule has 2 aromatic carbocycles. The number of hydrogen-bond acceptors (Lipinski definition) is 2. The van der Waals surface area contributed by atoms with Crippen molar-refractivity contribution in [2.75, 3.05) is 16.8 Å². The zero-order valence-corrected chi connectivity index (χ0v) is 16.4. The number of fused-ring (bicyclic) bond motifs is 1. The number of carbonyl (C=O) groups is 2. The second-order valence-electron chi connectivity index (χ2n) is 7.51. The van der Waals surface area contributed by atoms with Gasteiger partial charge in [-0.2, -0.15) is 0 Å². The van der Waals surface area contributed by atoms with Gasteiger partial charge in [0.15, 0.2) is 0 Å². The number of amides is 3. The fourth-order valence-corrected chi connectivity index (χ4v) is 3.50. The first-order valence-corrected chi connectivity index (χ1v) is 9.41. The minimum atomic E-state index is -0.582. The van der Waals surface area contributed by atoms with Crippen molar-refractivity contribution in [1.82, 2.24) is 5.32 Å². The van der Waals surface area contributed by atoms with Gasteiger partial charge in [0.25, 0.3) is 0 Å². The smallest absolute Gasteiger partial charge is 0.319 e. The summed E-state index contributed by atoms with van der Waals surface area (Å²) in [5.74, 6) is -0.0825. The summed E-state index contributed by atoms with van der Waals surface area (Å²) in [6.45, 7) is 8.51. The predicted octanol–water partition coefficient (Wildman–Crippen LogP) is 4.04. The molecule has 0 saturated carbocycles. The molecule has 3 amide bonds. The van der Waals surface area contributed by atoms with Crippen LogP contribution in [0.1, 0.15) is 30.5 Å². The largest absolute Gasteiger partial charge is 0.326 e. The van der Waals surface area contributed by atoms with Gasteiger partial charge in [-0.05, 0) is 49.4 Å². The average Bonchev–Trinajstić information content (AvgIpc) is 3.05. The number of urea groups is 1. The van der Waals surface area contributed by atoms with Crippen molar-refractivity contribution in [3.05, 3.63) is 59.2 Å². The Morgan fingerprint density at radius 3 is 2.52 bits per heavy atom. The Labute approximate surface area is 160 Å². The van der Waals surface area contributed by atoms with E-state index < -0.39 is 6.04 Å². The van der Waals surface area contributed by atoms with Crippen LogP contribution in [0.3, 0.4) is 0 Å². The maximum Gasteiger partial charge on any atom is 0.319 e. The molecular weight excluding hydrogens is 338 g/mol. The number of nitrogens with zero attached hydrogens (tertiary/aromatic N) is 1. The number of anilines is 2. The van der Waals surface area contributed by atoms with Crippen molar-refractivity contribution in [2.45, 2.75) is 40.2 Å². The molecule has 0 saturated heterocycles. The Kier molecular flexibility index (Phi) is 5.49. The maximum atomic E-state index is 13.1. The molecule has 0 bridgehead atoms. The second-order valence-corrected chi connectivity index (χ2v) is 7.51. The molecule has 142 valence electrons. The van der Waals surface area contributed by atoms with Gasteiger partial charge in [0.05, 0.1) is 0 Å². The summed E-state index contributed by atoms with van der Waals surface area (Å²) in [5, 5.41) is 5.74. The Morgan fingerprint density at radius 2 is 1.81 bits per heavy atom. The third-order valence-corrected chi connectivity index (χ3v) is 5.00. The summed E-state index contributed by atoms with van der Waals surface area (Å²) in [7, 11) is 0. The Balaban J connectivity index is 1.72. The predicted molar refractivity (Wildman–Crippen MR) is 109 cm³/mol. The molecule has 1 heterocycles. The summed E-state index contributed by atoms with van der Waals surface area (Å²) in [6, 6.07) is 12.9. The summed E-state index contributed by atoms with van der Waals surface area (Å²) in [6.07, 6.45) is 0.849. The van der Waals surface area contributed by atoms with E-state index >= 15 is 0 Å². The molecule has 0 aliphatic carbocycles. The zero-order chi connectivity index (χ0) is 19.6. The molecule has 0 radical (unpaired) electrons. The number of nitrogens with one attached hydrogen (secondary N) is 2. The molecular formula is C22H27N3O2. The molecule has 2 aromatic rings. The molecule has 1 atom stereocenters. The SMILES string of the molecule is Cc1ccc(NC(=O)N[C@@H](C(=O)N2CCc3ccccc32)C(C)C)c(C)c1. The summed E-state index contributed by atoms with van der Waals surface area (Å²) < 4.78 is 0. The normalized spacial score (nSPS) is 14.0. The van der Waals surface area contributed by atoms with Crippen molar-refractivity contribution in [3.63, 3.8) is 0 Å². The van der Waals surface area contributed by atoms with Gasteiger partial charge >= 0.3 is 6.03 Å². The van der Waals surface area contributed by atoms with Crippen LogP contribution in [-0.2, 0) is 11.2 Å². The number of para-hydroxylation sites is 1. The van der Waals surface area contributed by atoms with Crippen LogP contribution in [0.2, 0.25) is 0 Å². The lowest BCUT2D eigenvalue weighted by molar-refractivity contribution is -0.121. The van der Waals surface area contributed by atoms with E-state index in [2.05, 4.69) is 10.6 Å². The van der Waals surface area contributed by atoms with Crippen molar-refractivity contribution in [2.24, 2.45) is 5.92 Å². The van der Waals surface area contributed by atoms with E-state index in [1.807, 2.05) is 70.2 Å². The molecule has 27 heavy (non-hydrogen) atoms. The molecule has 2 N–H and O–H groups in total. The van der Waals surface area contributed by atoms with E-state index in [9.17, 15) is 9.59 Å². The lowest BCUT2D eigenvalue weighted by atomic mass is 10.0. The van der Waals surface area contributed by atoms with Gasteiger partial charge in [0, 0.05) is 17.9 Å². The highest BCUT2D eigenvalue weighted by Crippen LogP contribution is 2.28. The van der Waals surface area contributed by atoms with Crippen LogP contribution in [-0.4, -0.2) is 24.5 Å². The Morgan fingerprint density at radius 1 is 1.07 bits per heavy atom. The molecule has 0 unspecified atom stereocenters. The molecule has 0 aromatic heterocycles. The molecule has 0 spiro atoms. The molecule has 5 nitrogen and oxygen atoms in total. The van der Waals surface area contributed by atoms with Crippen LogP contribution in [0.5, 0.6) is 0 Å². The topological polar surface area (TPSA) is 61.4 Å². The van der Waals surface area contributed by atoms with Crippen LogP contribution in [0.25, 0.3) is 0 Å². The van der Waals surface area contributed by atoms with Crippen LogP contribution in [0.15, 0.2) is 42.5 Å². The standard InChI is InChI=1S/C22H27N3O2/c1-14(2)20(21(26)25-12-11-17-7-5-6-8-19(17)25)24-22(27)23-18-10-9-15(3)13-16(18)4/h5-10,13-14,20H,11-12H2,1-4H3,(H2,23,24,27)/t20-/m1/s1. The number of rotatable bonds is 4. The zero-order valence-electron chi connectivity index (χ0n) is 16.4. The fourth-order valence-electron chi connectivity index (χ4n) is 3.50. The lowest BCUT2D eigenvalue weighted by Gasteiger charge is -2.27. The monoisotopic (exact) mass is 365 g/mol. The van der Waals surface area contributed by atoms with E-state index in [1.54, 1.807) is 4.90 Å². The van der Waals surface area contributed by atoms with Gasteiger partial charge in [0.2, 0.25) is 5.91 Å². The summed E-state index contributed by atoms with van der Waals surface area (Å²) >= 11 is 0. The highest BCUT2D eigenvalue weighted by Gasteiger charge is 2.32. The molecule has 1 aliphatic heterocycles. The third kappa shape index (κ3) is 4.13. The number of hydrogen-bond donors (Lipinski definition) is 2. The highest BCUT2D eigenvalue weighted by molar-refractivity contribution is 6.02. The first kappa shape index (κ1) is 19.0. The van der Waals surface area contributed by atoms with E-state index in [0.717, 1.165) is 28.9 Å². The number of benzene rings is 2. The van der Waals surface area contributed by atoms with E-state index in [1.165, 1.54) is 5.56 Å². The van der Waals surface area contributed by atoms with Crippen molar-refractivity contribution in [1.29, 1.82) is 0 Å². The minimum Gasteiger partial charge on any atom is -0.326 e. The van der Waals surface area contributed by atoms with Gasteiger partial charge in [-0.25, -0.2) is 4.79 Å². The first-order chi connectivity index (χ1) is 12.9. The molecule has 3 rings (SSSR count). The van der Waals surface area contributed by atoms with E-state index in [0.29, 0.717) is 6.54 Å². The average molecular weight is 365 g/mol. The molecule has 5 heteroatoms. The maximum absolute atomic E-state index is 13.1. The lowest BCUT2D eigenvalue weighted by Crippen LogP contribution is -2.52. The summed E-state index contributed by atoms with van der Waals surface area (Å²) in [5.41, 5.74) is 5.00. The van der Waals surface area contributed by atoms with Crippen LogP contribution < -0.4 is 15.5 Å². The Bertz CT molecular complexity index is 860. The fraction of sp³-hybridized carbons (Fsp3) is 0.364. The Hall–Kier alpha value is -2.82. The highest BCUT2D eigenvalue weighted by atomic mass is 16.2. The number of aryl methyl sites for hydroxylation is 2. The van der Waals surface area contributed by atoms with E-state index in [4.69, 9.17) is 0 Å². The minimum absolute atomic E-state index is 0.0184. The first-order valence-electron chi connectivity index (χ1n) is 9.41. The van der Waals surface area contributed by atoms with Crippen LogP contribution >= 0.6 is 0 Å². The van der Waals surface area contributed by atoms with Crippen molar-refractivity contribution in [3.8, 4) is 0 Å². The van der Waals surface area contributed by atoms with E-state index in [-0.39, 0.29) is 17.9 Å². The van der Waals surface area contributed by atoms with Crippen LogP contribution in [0, 0.1) is 19.8 Å². The van der Waals surface area contributed by atoms with Gasteiger partial charge in [-0.15, -0.1) is 0 Å². The second kappa shape index (κ2) is 7.82. The third-order valence-electron chi connectivity index (χ3n) is 5.00. The molecule has 1 aliphatic rings.